The Bertz CT molecular complexity index is 178. The van der Waals surface area contributed by atoms with E-state index in [0.717, 1.165) is 19.7 Å². The fourth-order valence-corrected chi connectivity index (χ4v) is 1.27. The van der Waals surface area contributed by atoms with Crippen molar-refractivity contribution < 1.29 is 14.2 Å². The zero-order valence-electron chi connectivity index (χ0n) is 12.8. The first-order valence-corrected chi connectivity index (χ1v) is 6.89. The summed E-state index contributed by atoms with van der Waals surface area (Å²) in [6.07, 6.45) is 0.277. The normalized spacial score (nSPS) is 12.3. The maximum absolute atomic E-state index is 5.45. The maximum atomic E-state index is 5.45. The molecule has 0 aliphatic rings. The highest BCUT2D eigenvalue weighted by atomic mass is 16.5. The molecule has 0 spiro atoms. The second-order valence-corrected chi connectivity index (χ2v) is 5.88. The predicted molar refractivity (Wildman–Crippen MR) is 75.1 cm³/mol. The molecule has 0 saturated heterocycles. The molecule has 0 heterocycles. The molecule has 0 aliphatic carbocycles. The molecule has 0 rings (SSSR count). The van der Waals surface area contributed by atoms with E-state index in [1.165, 1.54) is 0 Å². The Morgan fingerprint density at radius 1 is 0.889 bits per heavy atom. The van der Waals surface area contributed by atoms with E-state index < -0.39 is 0 Å². The van der Waals surface area contributed by atoms with Crippen LogP contribution in [0.1, 0.15) is 34.6 Å². The molecule has 0 unspecified atom stereocenters. The van der Waals surface area contributed by atoms with Crippen LogP contribution in [0.5, 0.6) is 0 Å². The molecule has 0 aromatic carbocycles. The minimum absolute atomic E-state index is 0.277. The molecule has 1 N–H and O–H groups in total. The average molecular weight is 261 g/mol. The van der Waals surface area contributed by atoms with E-state index in [9.17, 15) is 0 Å². The Hall–Kier alpha value is -0.160. The van der Waals surface area contributed by atoms with Crippen LogP contribution in [0.15, 0.2) is 0 Å². The van der Waals surface area contributed by atoms with Gasteiger partial charge in [-0.25, -0.2) is 0 Å². The van der Waals surface area contributed by atoms with E-state index in [4.69, 9.17) is 14.2 Å². The lowest BCUT2D eigenvalue weighted by molar-refractivity contribution is -0.00113. The molecule has 0 fully saturated rings. The van der Waals surface area contributed by atoms with Gasteiger partial charge >= 0.3 is 0 Å². The first-order valence-electron chi connectivity index (χ1n) is 6.89. The summed E-state index contributed by atoms with van der Waals surface area (Å²) in [4.78, 5) is 0. The van der Waals surface area contributed by atoms with Gasteiger partial charge in [0.25, 0.3) is 0 Å². The van der Waals surface area contributed by atoms with E-state index in [1.807, 2.05) is 13.8 Å². The van der Waals surface area contributed by atoms with Crippen molar-refractivity contribution in [1.29, 1.82) is 0 Å². The SMILES string of the molecule is CC(C)OCCOCCOCCNCC(C)(C)C. The van der Waals surface area contributed by atoms with Crippen LogP contribution in [0, 0.1) is 5.41 Å². The van der Waals surface area contributed by atoms with E-state index in [-0.39, 0.29) is 6.10 Å². The lowest BCUT2D eigenvalue weighted by Crippen LogP contribution is -2.29. The van der Waals surface area contributed by atoms with Gasteiger partial charge in [-0.1, -0.05) is 20.8 Å². The van der Waals surface area contributed by atoms with Gasteiger partial charge in [0.05, 0.1) is 39.1 Å². The van der Waals surface area contributed by atoms with Gasteiger partial charge in [-0.15, -0.1) is 0 Å². The third kappa shape index (κ3) is 15.8. The third-order valence-corrected chi connectivity index (χ3v) is 2.13. The van der Waals surface area contributed by atoms with Crippen molar-refractivity contribution in [3.05, 3.63) is 0 Å². The van der Waals surface area contributed by atoms with Crippen molar-refractivity contribution in [3.63, 3.8) is 0 Å². The molecule has 0 saturated carbocycles. The van der Waals surface area contributed by atoms with Crippen LogP contribution in [0.3, 0.4) is 0 Å². The lowest BCUT2D eigenvalue weighted by atomic mass is 9.97. The summed E-state index contributed by atoms with van der Waals surface area (Å²) in [6.45, 7) is 15.9. The maximum Gasteiger partial charge on any atom is 0.0703 e. The molecule has 0 radical (unpaired) electrons. The van der Waals surface area contributed by atoms with E-state index in [0.29, 0.717) is 31.8 Å². The zero-order valence-corrected chi connectivity index (χ0v) is 12.8. The number of nitrogens with one attached hydrogen (secondary N) is 1. The molecular weight excluding hydrogens is 230 g/mol. The molecule has 0 amide bonds. The standard InChI is InChI=1S/C14H31NO3/c1-13(2)18-11-10-17-9-8-16-7-6-15-12-14(3,4)5/h13,15H,6-12H2,1-5H3. The smallest absolute Gasteiger partial charge is 0.0703 e. The Morgan fingerprint density at radius 2 is 1.44 bits per heavy atom. The molecule has 0 bridgehead atoms. The van der Waals surface area contributed by atoms with E-state index in [2.05, 4.69) is 26.1 Å². The lowest BCUT2D eigenvalue weighted by Gasteiger charge is -2.18. The molecule has 18 heavy (non-hydrogen) atoms. The van der Waals surface area contributed by atoms with Crippen LogP contribution in [-0.4, -0.2) is 52.2 Å². The molecule has 0 atom stereocenters. The Kier molecular flexibility index (Phi) is 10.6. The second-order valence-electron chi connectivity index (χ2n) is 5.88. The van der Waals surface area contributed by atoms with E-state index >= 15 is 0 Å². The number of rotatable bonds is 11. The topological polar surface area (TPSA) is 39.7 Å². The van der Waals surface area contributed by atoms with Gasteiger partial charge in [0.1, 0.15) is 0 Å². The van der Waals surface area contributed by atoms with Gasteiger partial charge in [-0.05, 0) is 19.3 Å². The first-order chi connectivity index (χ1) is 8.42. The highest BCUT2D eigenvalue weighted by Gasteiger charge is 2.07. The van der Waals surface area contributed by atoms with Crippen LogP contribution >= 0.6 is 0 Å². The number of ether oxygens (including phenoxy) is 3. The predicted octanol–water partition coefficient (Wildman–Crippen LogP) is 2.08. The molecule has 4 heteroatoms. The van der Waals surface area contributed by atoms with Crippen molar-refractivity contribution >= 4 is 0 Å². The fraction of sp³-hybridized carbons (Fsp3) is 1.00. The van der Waals surface area contributed by atoms with E-state index in [1.54, 1.807) is 0 Å². The summed E-state index contributed by atoms with van der Waals surface area (Å²) in [7, 11) is 0. The Morgan fingerprint density at radius 3 is 2.00 bits per heavy atom. The van der Waals surface area contributed by atoms with Crippen LogP contribution in [-0.2, 0) is 14.2 Å². The summed E-state index contributed by atoms with van der Waals surface area (Å²) in [5.41, 5.74) is 0.333. The second kappa shape index (κ2) is 10.7. The monoisotopic (exact) mass is 261 g/mol. The van der Waals surface area contributed by atoms with Gasteiger partial charge in [-0.2, -0.15) is 0 Å². The van der Waals surface area contributed by atoms with Crippen molar-refractivity contribution in [2.24, 2.45) is 5.41 Å². The van der Waals surface area contributed by atoms with Gasteiger partial charge in [-0.3, -0.25) is 0 Å². The third-order valence-electron chi connectivity index (χ3n) is 2.13. The van der Waals surface area contributed by atoms with Crippen molar-refractivity contribution in [1.82, 2.24) is 5.32 Å². The largest absolute Gasteiger partial charge is 0.378 e. The van der Waals surface area contributed by atoms with Gasteiger partial charge in [0.2, 0.25) is 0 Å². The highest BCUT2D eigenvalue weighted by molar-refractivity contribution is 4.64. The molecule has 4 nitrogen and oxygen atoms in total. The summed E-state index contributed by atoms with van der Waals surface area (Å²) >= 11 is 0. The first kappa shape index (κ1) is 17.8. The molecule has 0 aromatic rings. The molecule has 0 aromatic heterocycles. The summed E-state index contributed by atoms with van der Waals surface area (Å²) in [6, 6.07) is 0. The summed E-state index contributed by atoms with van der Waals surface area (Å²) in [5, 5.41) is 3.36. The minimum atomic E-state index is 0.277. The highest BCUT2D eigenvalue weighted by Crippen LogP contribution is 2.09. The van der Waals surface area contributed by atoms with Crippen molar-refractivity contribution in [2.75, 3.05) is 46.1 Å². The molecular formula is C14H31NO3. The summed E-state index contributed by atoms with van der Waals surface area (Å²) < 4.78 is 16.2. The van der Waals surface area contributed by atoms with Crippen LogP contribution in [0.25, 0.3) is 0 Å². The Balaban J connectivity index is 3.04. The average Bonchev–Trinajstić information content (AvgIpc) is 2.24. The van der Waals surface area contributed by atoms with Gasteiger partial charge in [0.15, 0.2) is 0 Å². The fourth-order valence-electron chi connectivity index (χ4n) is 1.27. The van der Waals surface area contributed by atoms with Crippen LogP contribution < -0.4 is 5.32 Å². The van der Waals surface area contributed by atoms with Gasteiger partial charge < -0.3 is 19.5 Å². The van der Waals surface area contributed by atoms with Crippen LogP contribution in [0.4, 0.5) is 0 Å². The molecule has 110 valence electrons. The number of hydrogen-bond acceptors (Lipinski definition) is 4. The minimum Gasteiger partial charge on any atom is -0.378 e. The number of hydrogen-bond donors (Lipinski definition) is 1. The van der Waals surface area contributed by atoms with Crippen molar-refractivity contribution in [3.8, 4) is 0 Å². The van der Waals surface area contributed by atoms with Gasteiger partial charge in [0, 0.05) is 13.1 Å². The zero-order chi connectivity index (χ0) is 13.9. The van der Waals surface area contributed by atoms with Crippen LogP contribution in [0.2, 0.25) is 0 Å². The quantitative estimate of drug-likeness (QED) is 0.578. The summed E-state index contributed by atoms with van der Waals surface area (Å²) in [5.74, 6) is 0. The Labute approximate surface area is 112 Å². The van der Waals surface area contributed by atoms with Crippen molar-refractivity contribution in [2.45, 2.75) is 40.7 Å². The molecule has 0 aliphatic heterocycles.